The highest BCUT2D eigenvalue weighted by molar-refractivity contribution is 7.22. The van der Waals surface area contributed by atoms with Crippen LogP contribution in [0.4, 0.5) is 5.00 Å². The molecule has 0 unspecified atom stereocenters. The van der Waals surface area contributed by atoms with Gasteiger partial charge in [0.05, 0.1) is 10.6 Å². The van der Waals surface area contributed by atoms with Crippen molar-refractivity contribution in [1.82, 2.24) is 4.57 Å². The van der Waals surface area contributed by atoms with Crippen LogP contribution in [0, 0.1) is 17.0 Å². The van der Waals surface area contributed by atoms with Crippen LogP contribution in [-0.4, -0.2) is 15.3 Å². The van der Waals surface area contributed by atoms with E-state index in [0.29, 0.717) is 21.5 Å². The minimum Gasteiger partial charge on any atom is -0.288 e. The number of rotatable bonds is 4. The lowest BCUT2D eigenvalue weighted by Crippen LogP contribution is -2.16. The summed E-state index contributed by atoms with van der Waals surface area (Å²) in [6, 6.07) is 18.6. The second kappa shape index (κ2) is 6.86. The van der Waals surface area contributed by atoms with Gasteiger partial charge in [-0.15, -0.1) is 0 Å². The van der Waals surface area contributed by atoms with E-state index in [1.807, 2.05) is 13.0 Å². The summed E-state index contributed by atoms with van der Waals surface area (Å²) in [6.45, 7) is 1.90. The Morgan fingerprint density at radius 2 is 1.68 bits per heavy atom. The van der Waals surface area contributed by atoms with Crippen molar-refractivity contribution in [2.75, 3.05) is 0 Å². The first kappa shape index (κ1) is 17.8. The van der Waals surface area contributed by atoms with Gasteiger partial charge in [0.25, 0.3) is 5.56 Å². The number of ketones is 1. The van der Waals surface area contributed by atoms with Crippen molar-refractivity contribution in [2.45, 2.75) is 6.92 Å². The summed E-state index contributed by atoms with van der Waals surface area (Å²) >= 11 is 0.837. The number of pyridine rings is 1. The van der Waals surface area contributed by atoms with Gasteiger partial charge >= 0.3 is 5.00 Å². The Bertz CT molecular complexity index is 1270. The van der Waals surface area contributed by atoms with Crippen LogP contribution in [0.5, 0.6) is 0 Å². The molecule has 138 valence electrons. The van der Waals surface area contributed by atoms with Gasteiger partial charge in [-0.2, -0.15) is 0 Å². The molecule has 28 heavy (non-hydrogen) atoms. The lowest BCUT2D eigenvalue weighted by atomic mass is 10.0. The van der Waals surface area contributed by atoms with Crippen LogP contribution >= 0.6 is 11.3 Å². The summed E-state index contributed by atoms with van der Waals surface area (Å²) < 4.78 is 1.40. The number of fused-ring (bicyclic) bond motifs is 1. The number of nitro groups is 1. The molecule has 4 aromatic rings. The predicted octanol–water partition coefficient (Wildman–Crippen LogP) is 4.50. The van der Waals surface area contributed by atoms with Crippen LogP contribution in [0.3, 0.4) is 0 Å². The third-order valence-corrected chi connectivity index (χ3v) is 5.59. The van der Waals surface area contributed by atoms with Gasteiger partial charge in [0.2, 0.25) is 5.78 Å². The summed E-state index contributed by atoms with van der Waals surface area (Å²) in [4.78, 5) is 37.1. The third kappa shape index (κ3) is 2.91. The van der Waals surface area contributed by atoms with Gasteiger partial charge < -0.3 is 0 Å². The van der Waals surface area contributed by atoms with Crippen LogP contribution in [-0.2, 0) is 0 Å². The van der Waals surface area contributed by atoms with Gasteiger partial charge in [0, 0.05) is 17.0 Å². The molecule has 2 aromatic carbocycles. The normalized spacial score (nSPS) is 10.9. The number of carbonyl (C=O) groups is 1. The first-order chi connectivity index (χ1) is 13.5. The summed E-state index contributed by atoms with van der Waals surface area (Å²) in [7, 11) is 0. The molecule has 0 saturated heterocycles. The summed E-state index contributed by atoms with van der Waals surface area (Å²) in [5, 5.41) is 11.8. The number of benzene rings is 2. The molecule has 0 aliphatic carbocycles. The number of para-hydroxylation sites is 1. The third-order valence-electron chi connectivity index (χ3n) is 4.44. The van der Waals surface area contributed by atoms with Crippen molar-refractivity contribution in [3.63, 3.8) is 0 Å². The van der Waals surface area contributed by atoms with E-state index in [-0.39, 0.29) is 16.1 Å². The maximum absolute atomic E-state index is 13.1. The van der Waals surface area contributed by atoms with E-state index in [2.05, 4.69) is 0 Å². The zero-order valence-corrected chi connectivity index (χ0v) is 15.6. The molecule has 0 aliphatic heterocycles. The zero-order valence-electron chi connectivity index (χ0n) is 14.8. The molecule has 4 rings (SSSR count). The Labute approximate surface area is 163 Å². The first-order valence-electron chi connectivity index (χ1n) is 8.47. The average molecular weight is 390 g/mol. The highest BCUT2D eigenvalue weighted by Gasteiger charge is 2.29. The number of nitrogens with zero attached hydrogens (tertiary/aromatic N) is 2. The molecule has 2 heterocycles. The van der Waals surface area contributed by atoms with Crippen LogP contribution in [0.1, 0.15) is 21.5 Å². The fourth-order valence-electron chi connectivity index (χ4n) is 3.09. The molecule has 0 spiro atoms. The van der Waals surface area contributed by atoms with Crippen molar-refractivity contribution < 1.29 is 9.72 Å². The molecule has 0 N–H and O–H groups in total. The molecule has 0 atom stereocenters. The topological polar surface area (TPSA) is 82.2 Å². The first-order valence-corrected chi connectivity index (χ1v) is 9.29. The quantitative estimate of drug-likeness (QED) is 0.292. The Hall–Kier alpha value is -3.58. The second-order valence-corrected chi connectivity index (χ2v) is 7.27. The molecule has 0 bridgehead atoms. The number of carbonyl (C=O) groups excluding carboxylic acids is 1. The van der Waals surface area contributed by atoms with Crippen molar-refractivity contribution in [3.05, 3.63) is 104 Å². The van der Waals surface area contributed by atoms with Gasteiger partial charge in [-0.25, -0.2) is 0 Å². The molecule has 0 aliphatic rings. The number of hydrogen-bond donors (Lipinski definition) is 0. The molecule has 7 heteroatoms. The largest absolute Gasteiger partial charge is 0.337 e. The fraction of sp³-hybridized carbons (Fsp3) is 0.0476. The molecule has 6 nitrogen and oxygen atoms in total. The van der Waals surface area contributed by atoms with Crippen molar-refractivity contribution in [1.29, 1.82) is 0 Å². The molecule has 0 saturated carbocycles. The maximum atomic E-state index is 13.1. The van der Waals surface area contributed by atoms with Gasteiger partial charge in [-0.3, -0.25) is 24.3 Å². The van der Waals surface area contributed by atoms with Crippen LogP contribution < -0.4 is 5.56 Å². The SMILES string of the molecule is Cc1ccc(C(=O)c2c([N+](=O)[O-])sc3c2ccc(=O)n3-c2ccccc2)cc1. The van der Waals surface area contributed by atoms with Gasteiger partial charge in [0.1, 0.15) is 10.4 Å². The fourth-order valence-corrected chi connectivity index (χ4v) is 4.22. The van der Waals surface area contributed by atoms with Crippen molar-refractivity contribution in [2.24, 2.45) is 0 Å². The van der Waals surface area contributed by atoms with E-state index in [9.17, 15) is 19.7 Å². The predicted molar refractivity (Wildman–Crippen MR) is 109 cm³/mol. The molecule has 0 fully saturated rings. The Balaban J connectivity index is 2.03. The average Bonchev–Trinajstić information content (AvgIpc) is 3.08. The number of thiophene rings is 1. The van der Waals surface area contributed by atoms with Crippen LogP contribution in [0.15, 0.2) is 71.5 Å². The van der Waals surface area contributed by atoms with Crippen molar-refractivity contribution in [3.8, 4) is 5.69 Å². The van der Waals surface area contributed by atoms with Gasteiger partial charge in [-0.05, 0) is 36.5 Å². The number of aromatic nitrogens is 1. The van der Waals surface area contributed by atoms with E-state index in [4.69, 9.17) is 0 Å². The van der Waals surface area contributed by atoms with E-state index in [0.717, 1.165) is 16.9 Å². The lowest BCUT2D eigenvalue weighted by molar-refractivity contribution is -0.380. The lowest BCUT2D eigenvalue weighted by Gasteiger charge is -2.07. The summed E-state index contributed by atoms with van der Waals surface area (Å²) in [6.07, 6.45) is 0. The van der Waals surface area contributed by atoms with E-state index >= 15 is 0 Å². The number of aryl methyl sites for hydroxylation is 1. The summed E-state index contributed by atoms with van der Waals surface area (Å²) in [5.41, 5.74) is 1.64. The molecular weight excluding hydrogens is 376 g/mol. The van der Waals surface area contributed by atoms with E-state index < -0.39 is 10.7 Å². The Kier molecular flexibility index (Phi) is 4.37. The minimum absolute atomic E-state index is 0.0125. The highest BCUT2D eigenvalue weighted by atomic mass is 32.1. The molecular formula is C21H14N2O4S. The Morgan fingerprint density at radius 3 is 2.32 bits per heavy atom. The summed E-state index contributed by atoms with van der Waals surface area (Å²) in [5.74, 6) is -0.434. The standard InChI is InChI=1S/C21H14N2O4S/c1-13-7-9-14(10-8-13)19(25)18-16-11-12-17(24)22(15-5-3-2-4-6-15)20(16)28-21(18)23(26)27/h2-12H,1H3. The number of hydrogen-bond acceptors (Lipinski definition) is 5. The van der Waals surface area contributed by atoms with Crippen LogP contribution in [0.25, 0.3) is 15.9 Å². The Morgan fingerprint density at radius 1 is 1.00 bits per heavy atom. The van der Waals surface area contributed by atoms with E-state index in [1.54, 1.807) is 48.5 Å². The maximum Gasteiger partial charge on any atom is 0.337 e. The second-order valence-electron chi connectivity index (χ2n) is 6.30. The van der Waals surface area contributed by atoms with Gasteiger partial charge in [0.15, 0.2) is 0 Å². The highest BCUT2D eigenvalue weighted by Crippen LogP contribution is 2.38. The molecule has 0 amide bonds. The molecule has 2 aromatic heterocycles. The van der Waals surface area contributed by atoms with Gasteiger partial charge in [-0.1, -0.05) is 48.0 Å². The zero-order chi connectivity index (χ0) is 19.8. The minimum atomic E-state index is -0.564. The van der Waals surface area contributed by atoms with Crippen molar-refractivity contribution >= 4 is 32.3 Å². The smallest absolute Gasteiger partial charge is 0.288 e. The van der Waals surface area contributed by atoms with Crippen LogP contribution in [0.2, 0.25) is 0 Å². The monoisotopic (exact) mass is 390 g/mol. The molecule has 0 radical (unpaired) electrons. The van der Waals surface area contributed by atoms with E-state index in [1.165, 1.54) is 16.7 Å².